The fraction of sp³-hybridized carbons (Fsp3) is 0.222. The second-order valence-corrected chi connectivity index (χ2v) is 5.66. The molecular weight excluding hydrogens is 333 g/mol. The monoisotopic (exact) mass is 349 g/mol. The van der Waals surface area contributed by atoms with E-state index < -0.39 is 18.0 Å². The van der Waals surface area contributed by atoms with E-state index in [0.717, 1.165) is 5.56 Å². The summed E-state index contributed by atoms with van der Waals surface area (Å²) >= 11 is 5.81. The van der Waals surface area contributed by atoms with Gasteiger partial charge in [-0.15, -0.1) is 0 Å². The first kappa shape index (κ1) is 17.9. The molecule has 0 aliphatic rings. The van der Waals surface area contributed by atoms with Crippen molar-refractivity contribution in [1.82, 2.24) is 5.32 Å². The maximum atomic E-state index is 12.8. The number of rotatable bonds is 6. The van der Waals surface area contributed by atoms with E-state index in [1.165, 1.54) is 25.1 Å². The third-order valence-electron chi connectivity index (χ3n) is 3.34. The Bertz CT molecular complexity index is 718. The molecule has 2 aromatic rings. The molecule has 2 aromatic carbocycles. The van der Waals surface area contributed by atoms with E-state index >= 15 is 0 Å². The number of carbonyl (C=O) groups excluding carboxylic acids is 2. The second kappa shape index (κ2) is 8.45. The molecule has 0 bridgehead atoms. The first-order chi connectivity index (χ1) is 11.5. The smallest absolute Gasteiger partial charge is 0.338 e. The van der Waals surface area contributed by atoms with Crippen molar-refractivity contribution in [2.75, 3.05) is 6.54 Å². The molecule has 0 aromatic heterocycles. The maximum Gasteiger partial charge on any atom is 0.338 e. The highest BCUT2D eigenvalue weighted by Gasteiger charge is 2.18. The molecule has 1 N–H and O–H groups in total. The van der Waals surface area contributed by atoms with Gasteiger partial charge in [-0.1, -0.05) is 29.8 Å². The van der Waals surface area contributed by atoms with Crippen LogP contribution in [0.25, 0.3) is 0 Å². The summed E-state index contributed by atoms with van der Waals surface area (Å²) in [4.78, 5) is 23.9. The van der Waals surface area contributed by atoms with Gasteiger partial charge >= 0.3 is 5.97 Å². The molecule has 0 saturated heterocycles. The number of hydrogen-bond donors (Lipinski definition) is 1. The summed E-state index contributed by atoms with van der Waals surface area (Å²) in [5.74, 6) is -1.31. The Morgan fingerprint density at radius 1 is 1.21 bits per heavy atom. The predicted octanol–water partition coefficient (Wildman–Crippen LogP) is 3.38. The molecule has 0 unspecified atom stereocenters. The van der Waals surface area contributed by atoms with Crippen molar-refractivity contribution in [3.05, 3.63) is 70.5 Å². The lowest BCUT2D eigenvalue weighted by Crippen LogP contribution is -2.36. The minimum atomic E-state index is -0.926. The number of nitrogens with one attached hydrogen (secondary N) is 1. The number of ether oxygens (including phenoxy) is 1. The van der Waals surface area contributed by atoms with Gasteiger partial charge in [-0.2, -0.15) is 0 Å². The van der Waals surface area contributed by atoms with Crippen LogP contribution in [0.15, 0.2) is 48.5 Å². The van der Waals surface area contributed by atoms with Gasteiger partial charge in [0.1, 0.15) is 5.82 Å². The molecule has 1 amide bonds. The van der Waals surface area contributed by atoms with E-state index in [0.29, 0.717) is 18.0 Å². The first-order valence-electron chi connectivity index (χ1n) is 7.44. The number of benzene rings is 2. The lowest BCUT2D eigenvalue weighted by molar-refractivity contribution is -0.129. The quantitative estimate of drug-likeness (QED) is 0.813. The van der Waals surface area contributed by atoms with Gasteiger partial charge in [-0.05, 0) is 49.2 Å². The Labute approximate surface area is 144 Å². The van der Waals surface area contributed by atoms with Crippen LogP contribution in [-0.4, -0.2) is 24.5 Å². The minimum absolute atomic E-state index is 0.286. The van der Waals surface area contributed by atoms with Crippen LogP contribution in [0.1, 0.15) is 22.8 Å². The summed E-state index contributed by atoms with van der Waals surface area (Å²) in [5, 5.41) is 3.10. The maximum absolute atomic E-state index is 12.8. The van der Waals surface area contributed by atoms with Crippen LogP contribution in [-0.2, 0) is 16.0 Å². The standard InChI is InChI=1S/C18H17ClFNO3/c1-12(24-18(23)14-3-2-4-15(19)11-14)17(22)21-10-9-13-5-7-16(20)8-6-13/h2-8,11-12H,9-10H2,1H3,(H,21,22)/t12-/m1/s1. The van der Waals surface area contributed by atoms with Gasteiger partial charge in [-0.25, -0.2) is 9.18 Å². The van der Waals surface area contributed by atoms with Crippen LogP contribution in [0.5, 0.6) is 0 Å². The van der Waals surface area contributed by atoms with Crippen molar-refractivity contribution >= 4 is 23.5 Å². The van der Waals surface area contributed by atoms with Crippen LogP contribution >= 0.6 is 11.6 Å². The number of carbonyl (C=O) groups is 2. The molecule has 0 aliphatic heterocycles. The normalized spacial score (nSPS) is 11.6. The zero-order valence-electron chi connectivity index (χ0n) is 13.1. The highest BCUT2D eigenvalue weighted by Crippen LogP contribution is 2.12. The largest absolute Gasteiger partial charge is 0.449 e. The Morgan fingerprint density at radius 2 is 1.92 bits per heavy atom. The lowest BCUT2D eigenvalue weighted by atomic mass is 10.1. The van der Waals surface area contributed by atoms with Crippen LogP contribution in [0, 0.1) is 5.82 Å². The SMILES string of the molecule is C[C@@H](OC(=O)c1cccc(Cl)c1)C(=O)NCCc1ccc(F)cc1. The summed E-state index contributed by atoms with van der Waals surface area (Å²) < 4.78 is 17.9. The van der Waals surface area contributed by atoms with Crippen molar-refractivity contribution in [3.63, 3.8) is 0 Å². The number of amides is 1. The fourth-order valence-corrected chi connectivity index (χ4v) is 2.21. The predicted molar refractivity (Wildman–Crippen MR) is 89.4 cm³/mol. The number of hydrogen-bond acceptors (Lipinski definition) is 3. The highest BCUT2D eigenvalue weighted by molar-refractivity contribution is 6.30. The van der Waals surface area contributed by atoms with Crippen molar-refractivity contribution in [3.8, 4) is 0 Å². The van der Waals surface area contributed by atoms with Crippen LogP contribution < -0.4 is 5.32 Å². The third-order valence-corrected chi connectivity index (χ3v) is 3.57. The molecular formula is C18H17ClFNO3. The highest BCUT2D eigenvalue weighted by atomic mass is 35.5. The van der Waals surface area contributed by atoms with Gasteiger partial charge < -0.3 is 10.1 Å². The molecule has 2 rings (SSSR count). The van der Waals surface area contributed by atoms with Gasteiger partial charge in [0, 0.05) is 11.6 Å². The van der Waals surface area contributed by atoms with Gasteiger partial charge in [0.15, 0.2) is 6.10 Å². The number of halogens is 2. The van der Waals surface area contributed by atoms with Gasteiger partial charge in [0.2, 0.25) is 0 Å². The molecule has 0 radical (unpaired) electrons. The van der Waals surface area contributed by atoms with Gasteiger partial charge in [0.25, 0.3) is 5.91 Å². The molecule has 126 valence electrons. The Balaban J connectivity index is 1.79. The average molecular weight is 350 g/mol. The van der Waals surface area contributed by atoms with Crippen LogP contribution in [0.2, 0.25) is 5.02 Å². The van der Waals surface area contributed by atoms with Crippen molar-refractivity contribution in [2.24, 2.45) is 0 Å². The Morgan fingerprint density at radius 3 is 2.58 bits per heavy atom. The van der Waals surface area contributed by atoms with E-state index in [2.05, 4.69) is 5.32 Å². The van der Waals surface area contributed by atoms with E-state index in [-0.39, 0.29) is 11.4 Å². The van der Waals surface area contributed by atoms with E-state index in [1.807, 2.05) is 0 Å². The zero-order valence-corrected chi connectivity index (χ0v) is 13.8. The summed E-state index contributed by atoms with van der Waals surface area (Å²) in [6, 6.07) is 12.4. The molecule has 0 aliphatic carbocycles. The molecule has 4 nitrogen and oxygen atoms in total. The molecule has 0 saturated carbocycles. The molecule has 0 heterocycles. The van der Waals surface area contributed by atoms with E-state index in [4.69, 9.17) is 16.3 Å². The minimum Gasteiger partial charge on any atom is -0.449 e. The summed E-state index contributed by atoms with van der Waals surface area (Å²) in [6.45, 7) is 1.86. The molecule has 0 fully saturated rings. The summed E-state index contributed by atoms with van der Waals surface area (Å²) in [5.41, 5.74) is 1.19. The lowest BCUT2D eigenvalue weighted by Gasteiger charge is -2.13. The fourth-order valence-electron chi connectivity index (χ4n) is 2.02. The van der Waals surface area contributed by atoms with Gasteiger partial charge in [0.05, 0.1) is 5.56 Å². The van der Waals surface area contributed by atoms with Crippen molar-refractivity contribution in [2.45, 2.75) is 19.4 Å². The second-order valence-electron chi connectivity index (χ2n) is 5.23. The van der Waals surface area contributed by atoms with E-state index in [1.54, 1.807) is 30.3 Å². The molecule has 1 atom stereocenters. The summed E-state index contributed by atoms with van der Waals surface area (Å²) in [7, 11) is 0. The molecule has 24 heavy (non-hydrogen) atoms. The third kappa shape index (κ3) is 5.35. The Hall–Kier alpha value is -2.40. The van der Waals surface area contributed by atoms with Crippen molar-refractivity contribution in [1.29, 1.82) is 0 Å². The number of esters is 1. The van der Waals surface area contributed by atoms with Crippen LogP contribution in [0.3, 0.4) is 0 Å². The topological polar surface area (TPSA) is 55.4 Å². The average Bonchev–Trinajstić information content (AvgIpc) is 2.56. The zero-order chi connectivity index (χ0) is 17.5. The van der Waals surface area contributed by atoms with E-state index in [9.17, 15) is 14.0 Å². The summed E-state index contributed by atoms with van der Waals surface area (Å²) in [6.07, 6.45) is -0.370. The van der Waals surface area contributed by atoms with Gasteiger partial charge in [-0.3, -0.25) is 4.79 Å². The van der Waals surface area contributed by atoms with Crippen LogP contribution in [0.4, 0.5) is 4.39 Å². The molecule has 6 heteroatoms. The molecule has 0 spiro atoms. The Kier molecular flexibility index (Phi) is 6.32. The first-order valence-corrected chi connectivity index (χ1v) is 7.82. The van der Waals surface area contributed by atoms with Crippen molar-refractivity contribution < 1.29 is 18.7 Å².